The van der Waals surface area contributed by atoms with Crippen molar-refractivity contribution in [2.24, 2.45) is 0 Å². The molecule has 0 amide bonds. The van der Waals surface area contributed by atoms with Crippen molar-refractivity contribution in [3.63, 3.8) is 0 Å². The Balaban J connectivity index is 2.38. The first-order valence-corrected chi connectivity index (χ1v) is 6.97. The van der Waals surface area contributed by atoms with Gasteiger partial charge in [-0.1, -0.05) is 30.7 Å². The number of hydrogen-bond donors (Lipinski definition) is 1. The van der Waals surface area contributed by atoms with Crippen LogP contribution in [-0.4, -0.2) is 11.5 Å². The van der Waals surface area contributed by atoms with E-state index in [4.69, 9.17) is 11.6 Å². The number of halogens is 2. The zero-order valence-corrected chi connectivity index (χ0v) is 12.4. The highest BCUT2D eigenvalue weighted by Gasteiger charge is 2.13. The first-order valence-electron chi connectivity index (χ1n) is 5.80. The van der Waals surface area contributed by atoms with E-state index in [1.54, 1.807) is 6.20 Å². The second-order valence-electron chi connectivity index (χ2n) is 3.95. The highest BCUT2D eigenvalue weighted by molar-refractivity contribution is 9.10. The molecule has 0 fully saturated rings. The van der Waals surface area contributed by atoms with Gasteiger partial charge in [-0.25, -0.2) is 0 Å². The second kappa shape index (κ2) is 6.32. The Morgan fingerprint density at radius 3 is 2.78 bits per heavy atom. The van der Waals surface area contributed by atoms with E-state index in [0.29, 0.717) is 0 Å². The predicted octanol–water partition coefficient (Wildman–Crippen LogP) is 4.20. The van der Waals surface area contributed by atoms with Crippen molar-refractivity contribution in [2.75, 3.05) is 6.54 Å². The van der Waals surface area contributed by atoms with Crippen LogP contribution in [0.15, 0.2) is 47.2 Å². The van der Waals surface area contributed by atoms with Gasteiger partial charge >= 0.3 is 0 Å². The van der Waals surface area contributed by atoms with Gasteiger partial charge < -0.3 is 5.32 Å². The molecule has 1 N–H and O–H groups in total. The maximum Gasteiger partial charge on any atom is 0.0592 e. The Hall–Kier alpha value is -0.900. The van der Waals surface area contributed by atoms with Crippen LogP contribution in [0.25, 0.3) is 0 Å². The molecule has 0 saturated carbocycles. The molecule has 1 aromatic heterocycles. The maximum atomic E-state index is 6.03. The summed E-state index contributed by atoms with van der Waals surface area (Å²) in [6, 6.07) is 10.1. The molecule has 2 rings (SSSR count). The van der Waals surface area contributed by atoms with Crippen LogP contribution in [0.3, 0.4) is 0 Å². The van der Waals surface area contributed by atoms with E-state index in [9.17, 15) is 0 Å². The number of nitrogens with one attached hydrogen (secondary N) is 1. The molecule has 0 aliphatic heterocycles. The Kier molecular flexibility index (Phi) is 4.75. The molecule has 1 aromatic carbocycles. The monoisotopic (exact) mass is 324 g/mol. The van der Waals surface area contributed by atoms with Crippen LogP contribution in [0.2, 0.25) is 5.02 Å². The molecule has 2 aromatic rings. The van der Waals surface area contributed by atoms with Gasteiger partial charge in [0.1, 0.15) is 0 Å². The molecule has 18 heavy (non-hydrogen) atoms. The molecule has 94 valence electrons. The minimum atomic E-state index is 0.136. The minimum Gasteiger partial charge on any atom is -0.306 e. The van der Waals surface area contributed by atoms with E-state index >= 15 is 0 Å². The normalized spacial score (nSPS) is 12.4. The van der Waals surface area contributed by atoms with Gasteiger partial charge in [0.05, 0.1) is 11.1 Å². The molecule has 1 atom stereocenters. The summed E-state index contributed by atoms with van der Waals surface area (Å²) in [7, 11) is 0. The highest BCUT2D eigenvalue weighted by Crippen LogP contribution is 2.28. The third-order valence-corrected chi connectivity index (χ3v) is 3.92. The predicted molar refractivity (Wildman–Crippen MR) is 78.9 cm³/mol. The summed E-state index contributed by atoms with van der Waals surface area (Å²) in [5.41, 5.74) is 2.31. The number of benzene rings is 1. The van der Waals surface area contributed by atoms with Crippen LogP contribution in [0.4, 0.5) is 0 Å². The zero-order valence-electron chi connectivity index (χ0n) is 10.0. The first-order chi connectivity index (χ1) is 8.72. The summed E-state index contributed by atoms with van der Waals surface area (Å²) < 4.78 is 0.911. The van der Waals surface area contributed by atoms with E-state index < -0.39 is 0 Å². The summed E-state index contributed by atoms with van der Waals surface area (Å²) >= 11 is 9.49. The summed E-state index contributed by atoms with van der Waals surface area (Å²) in [6.45, 7) is 2.98. The smallest absolute Gasteiger partial charge is 0.0592 e. The molecule has 1 unspecified atom stereocenters. The molecule has 0 spiro atoms. The summed E-state index contributed by atoms with van der Waals surface area (Å²) in [5.74, 6) is 0. The van der Waals surface area contributed by atoms with E-state index in [1.807, 2.05) is 30.5 Å². The SMILES string of the molecule is CCNC(c1cccnc1)c1ccc(Cl)c(Br)c1. The Morgan fingerprint density at radius 1 is 1.33 bits per heavy atom. The molecule has 4 heteroatoms. The Bertz CT molecular complexity index is 516. The molecule has 0 radical (unpaired) electrons. The third-order valence-electron chi connectivity index (χ3n) is 2.70. The highest BCUT2D eigenvalue weighted by atomic mass is 79.9. The topological polar surface area (TPSA) is 24.9 Å². The molecule has 0 bridgehead atoms. The van der Waals surface area contributed by atoms with Gasteiger partial charge in [0.25, 0.3) is 0 Å². The van der Waals surface area contributed by atoms with Gasteiger partial charge in [0.15, 0.2) is 0 Å². The number of pyridine rings is 1. The van der Waals surface area contributed by atoms with Crippen molar-refractivity contribution in [1.29, 1.82) is 0 Å². The van der Waals surface area contributed by atoms with Crippen molar-refractivity contribution >= 4 is 27.5 Å². The number of nitrogens with zero attached hydrogens (tertiary/aromatic N) is 1. The van der Waals surface area contributed by atoms with Gasteiger partial charge in [-0.05, 0) is 51.8 Å². The lowest BCUT2D eigenvalue weighted by molar-refractivity contribution is 0.628. The van der Waals surface area contributed by atoms with Crippen LogP contribution in [-0.2, 0) is 0 Å². The van der Waals surface area contributed by atoms with Gasteiger partial charge in [-0.2, -0.15) is 0 Å². The van der Waals surface area contributed by atoms with Crippen LogP contribution < -0.4 is 5.32 Å². The lowest BCUT2D eigenvalue weighted by Gasteiger charge is -2.19. The zero-order chi connectivity index (χ0) is 13.0. The van der Waals surface area contributed by atoms with Crippen LogP contribution in [0, 0.1) is 0 Å². The first kappa shape index (κ1) is 13.5. The molecule has 0 aliphatic rings. The van der Waals surface area contributed by atoms with Crippen LogP contribution in [0.1, 0.15) is 24.1 Å². The van der Waals surface area contributed by atoms with Crippen LogP contribution >= 0.6 is 27.5 Å². The molecular formula is C14H14BrClN2. The standard InChI is InChI=1S/C14H14BrClN2/c1-2-18-14(11-4-3-7-17-9-11)10-5-6-13(16)12(15)8-10/h3-9,14,18H,2H2,1H3. The third kappa shape index (κ3) is 3.10. The summed E-state index contributed by atoms with van der Waals surface area (Å²) in [5, 5.41) is 4.18. The largest absolute Gasteiger partial charge is 0.306 e. The molecular weight excluding hydrogens is 312 g/mol. The molecule has 1 heterocycles. The van der Waals surface area contributed by atoms with Gasteiger partial charge in [0, 0.05) is 16.9 Å². The van der Waals surface area contributed by atoms with Gasteiger partial charge in [-0.3, -0.25) is 4.98 Å². The number of aromatic nitrogens is 1. The second-order valence-corrected chi connectivity index (χ2v) is 5.21. The number of hydrogen-bond acceptors (Lipinski definition) is 2. The Labute approximate surface area is 121 Å². The van der Waals surface area contributed by atoms with E-state index in [-0.39, 0.29) is 6.04 Å². The number of rotatable bonds is 4. The fourth-order valence-electron chi connectivity index (χ4n) is 1.87. The van der Waals surface area contributed by atoms with E-state index in [2.05, 4.69) is 39.2 Å². The summed E-state index contributed by atoms with van der Waals surface area (Å²) in [6.07, 6.45) is 3.67. The quantitative estimate of drug-likeness (QED) is 0.911. The average Bonchev–Trinajstić information content (AvgIpc) is 2.40. The molecule has 2 nitrogen and oxygen atoms in total. The Morgan fingerprint density at radius 2 is 2.17 bits per heavy atom. The van der Waals surface area contributed by atoms with E-state index in [0.717, 1.165) is 21.6 Å². The fraction of sp³-hybridized carbons (Fsp3) is 0.214. The fourth-order valence-corrected chi connectivity index (χ4v) is 2.38. The van der Waals surface area contributed by atoms with Gasteiger partial charge in [-0.15, -0.1) is 0 Å². The lowest BCUT2D eigenvalue weighted by Crippen LogP contribution is -2.22. The van der Waals surface area contributed by atoms with Crippen LogP contribution in [0.5, 0.6) is 0 Å². The van der Waals surface area contributed by atoms with Crippen molar-refractivity contribution in [2.45, 2.75) is 13.0 Å². The molecule has 0 saturated heterocycles. The molecule has 0 aliphatic carbocycles. The average molecular weight is 326 g/mol. The van der Waals surface area contributed by atoms with Crippen molar-refractivity contribution in [3.05, 3.63) is 63.3 Å². The van der Waals surface area contributed by atoms with Gasteiger partial charge in [0.2, 0.25) is 0 Å². The van der Waals surface area contributed by atoms with Crippen molar-refractivity contribution in [1.82, 2.24) is 10.3 Å². The van der Waals surface area contributed by atoms with Crippen molar-refractivity contribution in [3.8, 4) is 0 Å². The summed E-state index contributed by atoms with van der Waals surface area (Å²) in [4.78, 5) is 4.18. The van der Waals surface area contributed by atoms with E-state index in [1.165, 1.54) is 5.56 Å². The lowest BCUT2D eigenvalue weighted by atomic mass is 10.0. The maximum absolute atomic E-state index is 6.03. The van der Waals surface area contributed by atoms with Crippen molar-refractivity contribution < 1.29 is 0 Å². The minimum absolute atomic E-state index is 0.136.